The summed E-state index contributed by atoms with van der Waals surface area (Å²) < 4.78 is 0. The Balaban J connectivity index is 1.57. The summed E-state index contributed by atoms with van der Waals surface area (Å²) in [6, 6.07) is 0. The lowest BCUT2D eigenvalue weighted by Gasteiger charge is -2.71. The van der Waals surface area contributed by atoms with Crippen molar-refractivity contribution >= 4 is 5.97 Å². The number of aliphatic hydroxyl groups excluding tert-OH is 3. The van der Waals surface area contributed by atoms with Crippen LogP contribution in [-0.4, -0.2) is 45.2 Å². The Labute approximate surface area is 211 Å². The van der Waals surface area contributed by atoms with Crippen LogP contribution in [-0.2, 0) is 4.79 Å². The minimum absolute atomic E-state index is 0.00145. The van der Waals surface area contributed by atoms with Crippen molar-refractivity contribution in [1.82, 2.24) is 0 Å². The third-order valence-electron chi connectivity index (χ3n) is 13.6. The molecule has 0 radical (unpaired) electrons. The third kappa shape index (κ3) is 3.01. The molecule has 5 aliphatic rings. The molecule has 4 fully saturated rings. The van der Waals surface area contributed by atoms with Gasteiger partial charge in [0.15, 0.2) is 0 Å². The smallest absolute Gasteiger partial charge is 0.312 e. The summed E-state index contributed by atoms with van der Waals surface area (Å²) >= 11 is 0. The van der Waals surface area contributed by atoms with E-state index in [-0.39, 0.29) is 34.2 Å². The van der Waals surface area contributed by atoms with Gasteiger partial charge in [0.05, 0.1) is 24.2 Å². The summed E-state index contributed by atoms with van der Waals surface area (Å²) in [5.41, 5.74) is 0.00866. The van der Waals surface area contributed by atoms with E-state index in [1.54, 1.807) is 6.92 Å². The fourth-order valence-corrected chi connectivity index (χ4v) is 10.7. The second-order valence-corrected chi connectivity index (χ2v) is 14.9. The maximum Gasteiger partial charge on any atom is 0.312 e. The van der Waals surface area contributed by atoms with Gasteiger partial charge in [-0.05, 0) is 104 Å². The molecule has 0 aromatic carbocycles. The minimum Gasteiger partial charge on any atom is -0.481 e. The zero-order chi connectivity index (χ0) is 25.8. The highest BCUT2D eigenvalue weighted by molar-refractivity contribution is 5.75. The lowest BCUT2D eigenvalue weighted by molar-refractivity contribution is -0.217. The molecule has 5 heteroatoms. The highest BCUT2D eigenvalue weighted by atomic mass is 16.4. The van der Waals surface area contributed by atoms with Gasteiger partial charge in [-0.15, -0.1) is 0 Å². The summed E-state index contributed by atoms with van der Waals surface area (Å²) in [6.45, 7) is 13.6. The molecule has 0 unspecified atom stereocenters. The molecule has 11 atom stereocenters. The zero-order valence-corrected chi connectivity index (χ0v) is 22.7. The number of aliphatic carboxylic acids is 1. The molecule has 5 aliphatic carbocycles. The van der Waals surface area contributed by atoms with Crippen LogP contribution in [0.25, 0.3) is 0 Å². The largest absolute Gasteiger partial charge is 0.481 e. The number of allylic oxidation sites excluding steroid dienone is 2. The highest BCUT2D eigenvalue weighted by Gasteiger charge is 2.69. The molecule has 5 rings (SSSR count). The summed E-state index contributed by atoms with van der Waals surface area (Å²) in [4.78, 5) is 12.3. The fraction of sp³-hybridized carbons (Fsp3) is 0.900. The summed E-state index contributed by atoms with van der Waals surface area (Å²) in [6.07, 6.45) is 9.24. The lowest BCUT2D eigenvalue weighted by Crippen LogP contribution is -2.66. The van der Waals surface area contributed by atoms with Crippen LogP contribution in [0.2, 0.25) is 0 Å². The van der Waals surface area contributed by atoms with Crippen molar-refractivity contribution in [2.45, 2.75) is 112 Å². The molecule has 0 saturated heterocycles. The second kappa shape index (κ2) is 7.57. The van der Waals surface area contributed by atoms with Gasteiger partial charge in [-0.25, -0.2) is 0 Å². The van der Waals surface area contributed by atoms with Crippen LogP contribution in [0, 0.1) is 50.2 Å². The van der Waals surface area contributed by atoms with Gasteiger partial charge in [-0.3, -0.25) is 4.79 Å². The molecule has 0 bridgehead atoms. The van der Waals surface area contributed by atoms with Crippen LogP contribution in [0.5, 0.6) is 0 Å². The molecule has 0 aliphatic heterocycles. The number of fused-ring (bicyclic) bond motifs is 7. The quantitative estimate of drug-likeness (QED) is 0.402. The molecular formula is C30H48O5. The Bertz CT molecular complexity index is 945. The van der Waals surface area contributed by atoms with Crippen molar-refractivity contribution in [1.29, 1.82) is 0 Å². The first kappa shape index (κ1) is 25.7. The second-order valence-electron chi connectivity index (χ2n) is 14.9. The molecular weight excluding hydrogens is 440 g/mol. The van der Waals surface area contributed by atoms with Crippen molar-refractivity contribution < 1.29 is 25.2 Å². The molecule has 4 N–H and O–H groups in total. The van der Waals surface area contributed by atoms with Gasteiger partial charge in [0, 0.05) is 5.41 Å². The Morgan fingerprint density at radius 2 is 1.60 bits per heavy atom. The number of rotatable bonds is 2. The van der Waals surface area contributed by atoms with Crippen LogP contribution in [0.1, 0.15) is 99.3 Å². The average Bonchev–Trinajstić information content (AvgIpc) is 2.79. The fourth-order valence-electron chi connectivity index (χ4n) is 10.7. The molecule has 0 heterocycles. The van der Waals surface area contributed by atoms with E-state index in [1.807, 2.05) is 0 Å². The molecule has 0 amide bonds. The van der Waals surface area contributed by atoms with Gasteiger partial charge in [0.2, 0.25) is 0 Å². The number of carbonyl (C=O) groups is 1. The SMILES string of the molecule is C[C@@]12CC[C@]3(C)C(=CC[C@@H]4[C@@]5(C)CC[C@H](O)[C@@](C)(CO)[C@@H]5CC[C@]43C)[C@@H]1C[C@](C)(C(=O)O)[C@H](O)C2. The topological polar surface area (TPSA) is 98.0 Å². The molecule has 5 nitrogen and oxygen atoms in total. The number of carboxylic acids is 1. The minimum atomic E-state index is -1.10. The van der Waals surface area contributed by atoms with Crippen molar-refractivity contribution in [2.75, 3.05) is 6.61 Å². The van der Waals surface area contributed by atoms with Crippen molar-refractivity contribution in [2.24, 2.45) is 50.2 Å². The van der Waals surface area contributed by atoms with E-state index in [1.165, 1.54) is 5.57 Å². The summed E-state index contributed by atoms with van der Waals surface area (Å²) in [7, 11) is 0. The first-order valence-electron chi connectivity index (χ1n) is 14.0. The summed E-state index contributed by atoms with van der Waals surface area (Å²) in [5, 5.41) is 42.3. The van der Waals surface area contributed by atoms with E-state index in [2.05, 4.69) is 40.7 Å². The molecule has 35 heavy (non-hydrogen) atoms. The zero-order valence-electron chi connectivity index (χ0n) is 22.7. The Hall–Kier alpha value is -0.910. The third-order valence-corrected chi connectivity index (χ3v) is 13.6. The first-order valence-corrected chi connectivity index (χ1v) is 14.0. The normalized spacial score (nSPS) is 57.7. The van der Waals surface area contributed by atoms with Gasteiger partial charge in [-0.2, -0.15) is 0 Å². The van der Waals surface area contributed by atoms with E-state index in [4.69, 9.17) is 0 Å². The van der Waals surface area contributed by atoms with Gasteiger partial charge < -0.3 is 20.4 Å². The lowest BCUT2D eigenvalue weighted by atomic mass is 9.33. The van der Waals surface area contributed by atoms with E-state index in [9.17, 15) is 25.2 Å². The van der Waals surface area contributed by atoms with Crippen molar-refractivity contribution in [3.05, 3.63) is 11.6 Å². The maximum atomic E-state index is 12.3. The van der Waals surface area contributed by atoms with Gasteiger partial charge in [-0.1, -0.05) is 46.3 Å². The Morgan fingerprint density at radius 3 is 2.23 bits per heavy atom. The van der Waals surface area contributed by atoms with Crippen molar-refractivity contribution in [3.8, 4) is 0 Å². The average molecular weight is 489 g/mol. The molecule has 0 spiro atoms. The molecule has 0 aromatic heterocycles. The van der Waals surface area contributed by atoms with E-state index in [0.717, 1.165) is 44.9 Å². The number of carboxylic acid groups (broad SMARTS) is 1. The number of aliphatic hydroxyl groups is 3. The van der Waals surface area contributed by atoms with Crippen LogP contribution in [0.3, 0.4) is 0 Å². The number of hydrogen-bond acceptors (Lipinski definition) is 4. The summed E-state index contributed by atoms with van der Waals surface area (Å²) in [5.74, 6) is 0.0847. The van der Waals surface area contributed by atoms with Crippen LogP contribution in [0.15, 0.2) is 11.6 Å². The Morgan fingerprint density at radius 1 is 0.914 bits per heavy atom. The monoisotopic (exact) mass is 488 g/mol. The van der Waals surface area contributed by atoms with Crippen LogP contribution >= 0.6 is 0 Å². The van der Waals surface area contributed by atoms with Gasteiger partial charge >= 0.3 is 5.97 Å². The van der Waals surface area contributed by atoms with Gasteiger partial charge in [0.1, 0.15) is 0 Å². The molecule has 198 valence electrons. The van der Waals surface area contributed by atoms with Crippen molar-refractivity contribution in [3.63, 3.8) is 0 Å². The van der Waals surface area contributed by atoms with Crippen LogP contribution in [0.4, 0.5) is 0 Å². The van der Waals surface area contributed by atoms with Crippen LogP contribution < -0.4 is 0 Å². The first-order chi connectivity index (χ1) is 16.1. The number of hydrogen-bond donors (Lipinski definition) is 4. The molecule has 4 saturated carbocycles. The Kier molecular flexibility index (Phi) is 5.56. The van der Waals surface area contributed by atoms with E-state index < -0.39 is 29.0 Å². The van der Waals surface area contributed by atoms with Gasteiger partial charge in [0.25, 0.3) is 0 Å². The van der Waals surface area contributed by atoms with E-state index in [0.29, 0.717) is 24.7 Å². The van der Waals surface area contributed by atoms with E-state index >= 15 is 0 Å². The highest BCUT2D eigenvalue weighted by Crippen LogP contribution is 2.75. The predicted molar refractivity (Wildman–Crippen MR) is 135 cm³/mol. The molecule has 0 aromatic rings. The standard InChI is InChI=1S/C30H48O5/c1-25-13-14-29(5)18(19(25)15-27(3,24(34)35)23(33)16-25)7-8-21-26(2)11-10-22(32)28(4,17-31)20(26)9-12-30(21,29)6/h7,19-23,31-33H,8-17H2,1-6H3,(H,34,35)/t19-,20+,21+,22-,23+,25-,26-,27-,28-,29+,30+/m0/s1. The maximum absolute atomic E-state index is 12.3. The predicted octanol–water partition coefficient (Wildman–Crippen LogP) is 5.18.